The summed E-state index contributed by atoms with van der Waals surface area (Å²) in [6.07, 6.45) is 0.630. The van der Waals surface area contributed by atoms with Crippen molar-refractivity contribution in [3.8, 4) is 0 Å². The molecule has 0 aliphatic carbocycles. The second-order valence-electron chi connectivity index (χ2n) is 5.09. The predicted molar refractivity (Wildman–Crippen MR) is 79.1 cm³/mol. The number of hydrogen-bond donors (Lipinski definition) is 1. The van der Waals surface area contributed by atoms with Crippen LogP contribution in [0.15, 0.2) is 53.4 Å². The number of rotatable bonds is 2. The smallest absolute Gasteiger partial charge is 0.264 e. The molecule has 1 atom stereocenters. The summed E-state index contributed by atoms with van der Waals surface area (Å²) in [6, 6.07) is 12.0. The van der Waals surface area contributed by atoms with Gasteiger partial charge in [-0.15, -0.1) is 0 Å². The average molecular weight is 306 g/mol. The Morgan fingerprint density at radius 2 is 1.90 bits per heavy atom. The molecule has 1 aliphatic heterocycles. The number of nitrogens with two attached hydrogens (primary N) is 1. The van der Waals surface area contributed by atoms with Crippen LogP contribution in [0.3, 0.4) is 0 Å². The molecule has 2 N–H and O–H groups in total. The van der Waals surface area contributed by atoms with Crippen LogP contribution in [0.5, 0.6) is 0 Å². The van der Waals surface area contributed by atoms with Crippen LogP contribution < -0.4 is 10.0 Å². The predicted octanol–water partition coefficient (Wildman–Crippen LogP) is 1.90. The molecule has 0 radical (unpaired) electrons. The summed E-state index contributed by atoms with van der Waals surface area (Å²) >= 11 is 0. The Morgan fingerprint density at radius 1 is 1.14 bits per heavy atom. The fraction of sp³-hybridized carbons (Fsp3) is 0.200. The Bertz CT molecular complexity index is 777. The molecular weight excluding hydrogens is 291 g/mol. The van der Waals surface area contributed by atoms with Crippen LogP contribution in [0.1, 0.15) is 5.56 Å². The molecular formula is C15H15FN2O2S. The van der Waals surface area contributed by atoms with Crippen LogP contribution in [-0.4, -0.2) is 21.0 Å². The van der Waals surface area contributed by atoms with Crippen LogP contribution in [0, 0.1) is 5.82 Å². The van der Waals surface area contributed by atoms with Crippen LogP contribution >= 0.6 is 0 Å². The Labute approximate surface area is 123 Å². The Kier molecular flexibility index (Phi) is 3.43. The summed E-state index contributed by atoms with van der Waals surface area (Å²) < 4.78 is 40.1. The molecule has 110 valence electrons. The van der Waals surface area contributed by atoms with Gasteiger partial charge in [-0.2, -0.15) is 0 Å². The van der Waals surface area contributed by atoms with Gasteiger partial charge in [0.25, 0.3) is 10.0 Å². The van der Waals surface area contributed by atoms with E-state index in [4.69, 9.17) is 5.73 Å². The third-order valence-electron chi connectivity index (χ3n) is 3.53. The van der Waals surface area contributed by atoms with Crippen LogP contribution in [0.2, 0.25) is 0 Å². The quantitative estimate of drug-likeness (QED) is 0.922. The van der Waals surface area contributed by atoms with Gasteiger partial charge >= 0.3 is 0 Å². The number of anilines is 1. The minimum Gasteiger partial charge on any atom is -0.326 e. The molecule has 0 spiro atoms. The Hall–Kier alpha value is -1.92. The van der Waals surface area contributed by atoms with Crippen molar-refractivity contribution in [2.75, 3.05) is 10.8 Å². The van der Waals surface area contributed by atoms with E-state index >= 15 is 0 Å². The zero-order valence-corrected chi connectivity index (χ0v) is 12.1. The normalized spacial score (nSPS) is 18.4. The first-order valence-corrected chi connectivity index (χ1v) is 8.04. The molecule has 0 amide bonds. The molecule has 6 heteroatoms. The van der Waals surface area contributed by atoms with Gasteiger partial charge in [0.1, 0.15) is 5.82 Å². The van der Waals surface area contributed by atoms with E-state index in [1.54, 1.807) is 12.1 Å². The van der Waals surface area contributed by atoms with E-state index in [0.717, 1.165) is 11.6 Å². The average Bonchev–Trinajstić information content (AvgIpc) is 2.46. The van der Waals surface area contributed by atoms with E-state index in [-0.39, 0.29) is 17.5 Å². The molecule has 2 aromatic carbocycles. The van der Waals surface area contributed by atoms with Crippen LogP contribution in [0.25, 0.3) is 0 Å². The van der Waals surface area contributed by atoms with E-state index in [0.29, 0.717) is 12.1 Å². The van der Waals surface area contributed by atoms with Crippen molar-refractivity contribution in [2.24, 2.45) is 5.73 Å². The number of halogens is 1. The first kappa shape index (κ1) is 14.0. The van der Waals surface area contributed by atoms with E-state index in [1.807, 2.05) is 12.1 Å². The number of hydrogen-bond acceptors (Lipinski definition) is 3. The first-order chi connectivity index (χ1) is 9.98. The van der Waals surface area contributed by atoms with Gasteiger partial charge in [-0.1, -0.05) is 24.3 Å². The summed E-state index contributed by atoms with van der Waals surface area (Å²) in [5, 5.41) is 0. The standard InChI is InChI=1S/C15H15FN2O2S/c16-12-5-3-6-14(9-12)21(19,20)18-10-13(17)8-11-4-1-2-7-15(11)18/h1-7,9,13H,8,10,17H2. The van der Waals surface area contributed by atoms with Gasteiger partial charge in [0, 0.05) is 12.6 Å². The zero-order chi connectivity index (χ0) is 15.0. The number of nitrogens with zero attached hydrogens (tertiary/aromatic N) is 1. The summed E-state index contributed by atoms with van der Waals surface area (Å²) in [5.41, 5.74) is 7.46. The lowest BCUT2D eigenvalue weighted by Crippen LogP contribution is -2.46. The highest BCUT2D eigenvalue weighted by Crippen LogP contribution is 2.31. The third-order valence-corrected chi connectivity index (χ3v) is 5.30. The maximum Gasteiger partial charge on any atom is 0.264 e. The highest BCUT2D eigenvalue weighted by atomic mass is 32.2. The lowest BCUT2D eigenvalue weighted by molar-refractivity contribution is 0.572. The molecule has 21 heavy (non-hydrogen) atoms. The second-order valence-corrected chi connectivity index (χ2v) is 6.95. The third kappa shape index (κ3) is 2.52. The summed E-state index contributed by atoms with van der Waals surface area (Å²) in [4.78, 5) is -0.0635. The van der Waals surface area contributed by atoms with Crippen LogP contribution in [-0.2, 0) is 16.4 Å². The molecule has 0 aromatic heterocycles. The highest BCUT2D eigenvalue weighted by Gasteiger charge is 2.31. The van der Waals surface area contributed by atoms with Crippen molar-refractivity contribution in [1.82, 2.24) is 0 Å². The van der Waals surface area contributed by atoms with Crippen molar-refractivity contribution >= 4 is 15.7 Å². The van der Waals surface area contributed by atoms with E-state index in [1.165, 1.54) is 22.5 Å². The fourth-order valence-electron chi connectivity index (χ4n) is 2.57. The number of fused-ring (bicyclic) bond motifs is 1. The van der Waals surface area contributed by atoms with Crippen molar-refractivity contribution in [3.63, 3.8) is 0 Å². The molecule has 0 saturated heterocycles. The number of para-hydroxylation sites is 1. The van der Waals surface area contributed by atoms with Gasteiger partial charge in [-0.25, -0.2) is 12.8 Å². The zero-order valence-electron chi connectivity index (χ0n) is 11.2. The molecule has 2 aromatic rings. The fourth-order valence-corrected chi connectivity index (χ4v) is 4.16. The topological polar surface area (TPSA) is 63.4 Å². The lowest BCUT2D eigenvalue weighted by atomic mass is 10.0. The van der Waals surface area contributed by atoms with Gasteiger partial charge in [0.15, 0.2) is 0 Å². The van der Waals surface area contributed by atoms with Crippen molar-refractivity contribution in [2.45, 2.75) is 17.4 Å². The summed E-state index contributed by atoms with van der Waals surface area (Å²) in [5.74, 6) is -0.578. The van der Waals surface area contributed by atoms with E-state index in [2.05, 4.69) is 0 Å². The Balaban J connectivity index is 2.11. The number of benzene rings is 2. The summed E-state index contributed by atoms with van der Waals surface area (Å²) in [6.45, 7) is 0.190. The maximum atomic E-state index is 13.3. The summed E-state index contributed by atoms with van der Waals surface area (Å²) in [7, 11) is -3.82. The molecule has 1 heterocycles. The minimum absolute atomic E-state index is 0.0635. The lowest BCUT2D eigenvalue weighted by Gasteiger charge is -2.33. The monoisotopic (exact) mass is 306 g/mol. The van der Waals surface area contributed by atoms with Crippen molar-refractivity contribution in [1.29, 1.82) is 0 Å². The molecule has 0 bridgehead atoms. The minimum atomic E-state index is -3.82. The SMILES string of the molecule is NC1Cc2ccccc2N(S(=O)(=O)c2cccc(F)c2)C1. The van der Waals surface area contributed by atoms with Gasteiger partial charge in [0.2, 0.25) is 0 Å². The molecule has 0 fully saturated rings. The largest absolute Gasteiger partial charge is 0.326 e. The maximum absolute atomic E-state index is 13.3. The molecule has 1 aliphatic rings. The van der Waals surface area contributed by atoms with Gasteiger partial charge in [-0.05, 0) is 36.2 Å². The van der Waals surface area contributed by atoms with Crippen LogP contribution in [0.4, 0.5) is 10.1 Å². The number of sulfonamides is 1. The van der Waals surface area contributed by atoms with Crippen molar-refractivity contribution in [3.05, 3.63) is 59.9 Å². The molecule has 0 saturated carbocycles. The second kappa shape index (κ2) is 5.13. The van der Waals surface area contributed by atoms with Gasteiger partial charge in [-0.3, -0.25) is 4.31 Å². The molecule has 3 rings (SSSR count). The van der Waals surface area contributed by atoms with E-state index < -0.39 is 15.8 Å². The Morgan fingerprint density at radius 3 is 2.67 bits per heavy atom. The molecule has 1 unspecified atom stereocenters. The van der Waals surface area contributed by atoms with E-state index in [9.17, 15) is 12.8 Å². The van der Waals surface area contributed by atoms with Gasteiger partial charge < -0.3 is 5.73 Å². The first-order valence-electron chi connectivity index (χ1n) is 6.60. The van der Waals surface area contributed by atoms with Crippen molar-refractivity contribution < 1.29 is 12.8 Å². The molecule has 4 nitrogen and oxygen atoms in total. The highest BCUT2D eigenvalue weighted by molar-refractivity contribution is 7.92. The van der Waals surface area contributed by atoms with Gasteiger partial charge in [0.05, 0.1) is 10.6 Å².